The summed E-state index contributed by atoms with van der Waals surface area (Å²) in [6.07, 6.45) is 2.79. The van der Waals surface area contributed by atoms with Crippen molar-refractivity contribution in [2.24, 2.45) is 5.84 Å². The lowest BCUT2D eigenvalue weighted by atomic mass is 10.2. The minimum Gasteiger partial charge on any atom is -0.300 e. The Morgan fingerprint density at radius 3 is 2.75 bits per heavy atom. The highest BCUT2D eigenvalue weighted by Crippen LogP contribution is 2.26. The van der Waals surface area contributed by atoms with Gasteiger partial charge >= 0.3 is 5.69 Å². The number of nitrogen functional groups attached to an aromatic ring is 1. The molecule has 3 N–H and O–H groups in total. The number of hydrazine groups is 1. The van der Waals surface area contributed by atoms with Crippen molar-refractivity contribution in [3.8, 4) is 0 Å². The maximum atomic E-state index is 11.2. The molecule has 0 aliphatic rings. The molecule has 0 fully saturated rings. The van der Waals surface area contributed by atoms with E-state index in [9.17, 15) is 10.1 Å². The summed E-state index contributed by atoms with van der Waals surface area (Å²) in [5.74, 6) is 5.29. The van der Waals surface area contributed by atoms with E-state index >= 15 is 0 Å². The lowest BCUT2D eigenvalue weighted by Gasteiger charge is -2.02. The average Bonchev–Trinajstić information content (AvgIpc) is 3.02. The number of nitro groups is 1. The molecule has 0 amide bonds. The van der Waals surface area contributed by atoms with Crippen molar-refractivity contribution in [3.63, 3.8) is 0 Å². The van der Waals surface area contributed by atoms with Gasteiger partial charge in [-0.1, -0.05) is 25.2 Å². The van der Waals surface area contributed by atoms with E-state index in [1.165, 1.54) is 11.3 Å². The Hall–Kier alpha value is -2.00. The summed E-state index contributed by atoms with van der Waals surface area (Å²) in [5, 5.41) is 16.2. The zero-order valence-electron chi connectivity index (χ0n) is 11.3. The fraction of sp³-hybridized carbons (Fsp3) is 0.455. The van der Waals surface area contributed by atoms with Gasteiger partial charge in [-0.15, -0.1) is 0 Å². The highest BCUT2D eigenvalue weighted by atomic mass is 32.1. The predicted octanol–water partition coefficient (Wildman–Crippen LogP) is 1.71. The number of thiazole rings is 1. The normalized spacial score (nSPS) is 10.8. The molecule has 0 spiro atoms. The van der Waals surface area contributed by atoms with Gasteiger partial charge in [0.05, 0.1) is 11.5 Å². The molecule has 108 valence electrons. The first-order chi connectivity index (χ1) is 9.60. The Labute approximate surface area is 119 Å². The highest BCUT2D eigenvalue weighted by Gasteiger charge is 2.25. The largest absolute Gasteiger partial charge is 0.313 e. The van der Waals surface area contributed by atoms with Gasteiger partial charge in [-0.25, -0.2) is 10.8 Å². The summed E-state index contributed by atoms with van der Waals surface area (Å²) in [5.41, 5.74) is 3.78. The highest BCUT2D eigenvalue weighted by molar-refractivity contribution is 7.15. The van der Waals surface area contributed by atoms with Crippen LogP contribution in [-0.2, 0) is 19.4 Å². The summed E-state index contributed by atoms with van der Waals surface area (Å²) in [7, 11) is 0. The maximum Gasteiger partial charge on any atom is 0.313 e. The third kappa shape index (κ3) is 2.63. The Bertz CT molecular complexity index is 620. The van der Waals surface area contributed by atoms with Crippen LogP contribution in [0.4, 0.5) is 10.8 Å². The fourth-order valence-corrected chi connectivity index (χ4v) is 2.77. The third-order valence-electron chi connectivity index (χ3n) is 2.93. The van der Waals surface area contributed by atoms with Crippen LogP contribution in [0, 0.1) is 10.1 Å². The summed E-state index contributed by atoms with van der Waals surface area (Å²) in [4.78, 5) is 15.9. The second kappa shape index (κ2) is 5.97. The molecule has 0 atom stereocenters. The number of aryl methyl sites for hydroxylation is 1. The van der Waals surface area contributed by atoms with E-state index in [0.29, 0.717) is 35.9 Å². The van der Waals surface area contributed by atoms with E-state index in [2.05, 4.69) is 15.5 Å². The first-order valence-electron chi connectivity index (χ1n) is 6.24. The topological polar surface area (TPSA) is 112 Å². The second-order valence-electron chi connectivity index (χ2n) is 4.14. The molecule has 0 saturated heterocycles. The maximum absolute atomic E-state index is 11.2. The Morgan fingerprint density at radius 2 is 2.25 bits per heavy atom. The quantitative estimate of drug-likeness (QED) is 0.477. The molecule has 2 aromatic heterocycles. The molecular formula is C11H16N6O2S. The number of anilines is 1. The first kappa shape index (κ1) is 14.4. The van der Waals surface area contributed by atoms with Crippen LogP contribution in [0.2, 0.25) is 0 Å². The van der Waals surface area contributed by atoms with Crippen LogP contribution in [-0.4, -0.2) is 19.7 Å². The van der Waals surface area contributed by atoms with Gasteiger partial charge in [0.25, 0.3) is 0 Å². The number of aromatic nitrogens is 3. The van der Waals surface area contributed by atoms with Crippen LogP contribution in [0.15, 0.2) is 6.20 Å². The number of nitrogens with one attached hydrogen (secondary N) is 1. The lowest BCUT2D eigenvalue weighted by Crippen LogP contribution is -2.06. The van der Waals surface area contributed by atoms with E-state index in [1.54, 1.807) is 10.9 Å². The molecule has 2 rings (SSSR count). The van der Waals surface area contributed by atoms with Gasteiger partial charge in [0.1, 0.15) is 11.4 Å². The molecule has 20 heavy (non-hydrogen) atoms. The monoisotopic (exact) mass is 296 g/mol. The molecule has 9 heteroatoms. The van der Waals surface area contributed by atoms with Gasteiger partial charge in [0, 0.05) is 11.1 Å². The molecule has 0 aromatic carbocycles. The van der Waals surface area contributed by atoms with Gasteiger partial charge in [-0.3, -0.25) is 20.2 Å². The Balaban J connectivity index is 2.38. The standard InChI is InChI=1S/C11H16N6O2S/c1-3-8-10(17(18)19)9(4-2)16(15-8)6-7-5-13-11(14-12)20-7/h5H,3-4,6,12H2,1-2H3,(H,13,14). The van der Waals surface area contributed by atoms with E-state index < -0.39 is 0 Å². The number of hydrogen-bond acceptors (Lipinski definition) is 7. The van der Waals surface area contributed by atoms with Crippen molar-refractivity contribution in [1.82, 2.24) is 14.8 Å². The number of nitrogens with two attached hydrogens (primary N) is 1. The van der Waals surface area contributed by atoms with Crippen molar-refractivity contribution in [3.05, 3.63) is 32.6 Å². The molecule has 0 bridgehead atoms. The SMILES string of the molecule is CCc1nn(Cc2cnc(NN)s2)c(CC)c1[N+](=O)[O-]. The third-order valence-corrected chi connectivity index (χ3v) is 3.85. The van der Waals surface area contributed by atoms with E-state index in [0.717, 1.165) is 4.88 Å². The molecule has 2 aromatic rings. The summed E-state index contributed by atoms with van der Waals surface area (Å²) >= 11 is 1.40. The van der Waals surface area contributed by atoms with Gasteiger partial charge < -0.3 is 0 Å². The first-order valence-corrected chi connectivity index (χ1v) is 7.06. The number of hydrogen-bond donors (Lipinski definition) is 2. The van der Waals surface area contributed by atoms with Gasteiger partial charge in [0.15, 0.2) is 5.13 Å². The Kier molecular flexibility index (Phi) is 4.30. The molecule has 0 unspecified atom stereocenters. The lowest BCUT2D eigenvalue weighted by molar-refractivity contribution is -0.386. The van der Waals surface area contributed by atoms with Crippen LogP contribution in [0.5, 0.6) is 0 Å². The summed E-state index contributed by atoms with van der Waals surface area (Å²) in [6.45, 7) is 4.21. The van der Waals surface area contributed by atoms with Crippen LogP contribution in [0.3, 0.4) is 0 Å². The van der Waals surface area contributed by atoms with Crippen molar-refractivity contribution >= 4 is 22.2 Å². The van der Waals surface area contributed by atoms with Crippen LogP contribution >= 0.6 is 11.3 Å². The zero-order valence-corrected chi connectivity index (χ0v) is 12.1. The van der Waals surface area contributed by atoms with E-state index in [1.807, 2.05) is 13.8 Å². The number of rotatable bonds is 6. The van der Waals surface area contributed by atoms with Crippen molar-refractivity contribution < 1.29 is 4.92 Å². The fourth-order valence-electron chi connectivity index (χ4n) is 2.07. The average molecular weight is 296 g/mol. The molecule has 0 aliphatic heterocycles. The minimum absolute atomic E-state index is 0.136. The van der Waals surface area contributed by atoms with E-state index in [-0.39, 0.29) is 10.6 Å². The molecular weight excluding hydrogens is 280 g/mol. The molecule has 0 radical (unpaired) electrons. The van der Waals surface area contributed by atoms with E-state index in [4.69, 9.17) is 5.84 Å². The minimum atomic E-state index is -0.347. The van der Waals surface area contributed by atoms with Crippen LogP contribution < -0.4 is 11.3 Å². The smallest absolute Gasteiger partial charge is 0.300 e. The van der Waals surface area contributed by atoms with Gasteiger partial charge in [-0.05, 0) is 12.8 Å². The zero-order chi connectivity index (χ0) is 14.7. The second-order valence-corrected chi connectivity index (χ2v) is 5.26. The van der Waals surface area contributed by atoms with Crippen molar-refractivity contribution in [2.45, 2.75) is 33.2 Å². The summed E-state index contributed by atoms with van der Waals surface area (Å²) < 4.78 is 1.69. The van der Waals surface area contributed by atoms with Crippen molar-refractivity contribution in [2.75, 3.05) is 5.43 Å². The van der Waals surface area contributed by atoms with Gasteiger partial charge in [-0.2, -0.15) is 5.10 Å². The summed E-state index contributed by atoms with van der Waals surface area (Å²) in [6, 6.07) is 0. The van der Waals surface area contributed by atoms with Crippen LogP contribution in [0.25, 0.3) is 0 Å². The van der Waals surface area contributed by atoms with Gasteiger partial charge in [0.2, 0.25) is 0 Å². The molecule has 2 heterocycles. The predicted molar refractivity (Wildman–Crippen MR) is 76.7 cm³/mol. The molecule has 8 nitrogen and oxygen atoms in total. The Morgan fingerprint density at radius 1 is 1.50 bits per heavy atom. The van der Waals surface area contributed by atoms with Crippen LogP contribution in [0.1, 0.15) is 30.1 Å². The molecule has 0 saturated carbocycles. The number of nitrogens with zero attached hydrogens (tertiary/aromatic N) is 4. The molecule has 0 aliphatic carbocycles. The van der Waals surface area contributed by atoms with Crippen molar-refractivity contribution in [1.29, 1.82) is 0 Å².